The second kappa shape index (κ2) is 8.25. The predicted molar refractivity (Wildman–Crippen MR) is 93.9 cm³/mol. The molecule has 0 aliphatic carbocycles. The summed E-state index contributed by atoms with van der Waals surface area (Å²) in [6.07, 6.45) is 4.00. The Morgan fingerprint density at radius 2 is 2.08 bits per heavy atom. The fourth-order valence-corrected chi connectivity index (χ4v) is 2.89. The summed E-state index contributed by atoms with van der Waals surface area (Å²) >= 11 is 0. The van der Waals surface area contributed by atoms with Crippen molar-refractivity contribution < 1.29 is 19.4 Å². The third-order valence-electron chi connectivity index (χ3n) is 4.09. The Balaban J connectivity index is 2.29. The summed E-state index contributed by atoms with van der Waals surface area (Å²) in [5.41, 5.74) is 0.881. The molecule has 1 aliphatic rings. The SMILES string of the molecule is CC(C)OCCCN1C(=O)C(O)=C(C(=O)C(C)C)C1c1cccnc1. The van der Waals surface area contributed by atoms with Crippen molar-refractivity contribution in [2.75, 3.05) is 13.2 Å². The fourth-order valence-electron chi connectivity index (χ4n) is 2.89. The monoisotopic (exact) mass is 346 g/mol. The highest BCUT2D eigenvalue weighted by molar-refractivity contribution is 6.09. The molecule has 0 saturated carbocycles. The molecule has 25 heavy (non-hydrogen) atoms. The third-order valence-corrected chi connectivity index (χ3v) is 4.09. The van der Waals surface area contributed by atoms with Crippen molar-refractivity contribution in [1.29, 1.82) is 0 Å². The van der Waals surface area contributed by atoms with Gasteiger partial charge in [-0.3, -0.25) is 14.6 Å². The Morgan fingerprint density at radius 3 is 2.64 bits per heavy atom. The van der Waals surface area contributed by atoms with Crippen molar-refractivity contribution in [3.63, 3.8) is 0 Å². The smallest absolute Gasteiger partial charge is 0.290 e. The van der Waals surface area contributed by atoms with E-state index in [0.717, 1.165) is 0 Å². The lowest BCUT2D eigenvalue weighted by atomic mass is 9.92. The number of carbonyl (C=O) groups excluding carboxylic acids is 2. The zero-order valence-corrected chi connectivity index (χ0v) is 15.2. The molecule has 1 N–H and O–H groups in total. The van der Waals surface area contributed by atoms with Crippen molar-refractivity contribution in [3.05, 3.63) is 41.4 Å². The van der Waals surface area contributed by atoms with E-state index in [1.165, 1.54) is 4.90 Å². The first-order chi connectivity index (χ1) is 11.8. The Labute approximate surface area is 148 Å². The Hall–Kier alpha value is -2.21. The number of Topliss-reactive ketones (excluding diaryl/α,β-unsaturated/α-hetero) is 1. The molecular weight excluding hydrogens is 320 g/mol. The van der Waals surface area contributed by atoms with Crippen molar-refractivity contribution >= 4 is 11.7 Å². The molecule has 1 atom stereocenters. The minimum absolute atomic E-state index is 0.119. The van der Waals surface area contributed by atoms with E-state index in [1.807, 2.05) is 19.9 Å². The number of carbonyl (C=O) groups is 2. The summed E-state index contributed by atoms with van der Waals surface area (Å²) in [6.45, 7) is 8.32. The molecule has 0 saturated heterocycles. The van der Waals surface area contributed by atoms with E-state index < -0.39 is 17.7 Å². The molecular formula is C19H26N2O4. The van der Waals surface area contributed by atoms with Crippen molar-refractivity contribution in [3.8, 4) is 0 Å². The van der Waals surface area contributed by atoms with Crippen LogP contribution in [0.25, 0.3) is 0 Å². The van der Waals surface area contributed by atoms with Gasteiger partial charge in [-0.1, -0.05) is 19.9 Å². The maximum Gasteiger partial charge on any atom is 0.290 e. The summed E-state index contributed by atoms with van der Waals surface area (Å²) in [5, 5.41) is 10.3. The van der Waals surface area contributed by atoms with Crippen LogP contribution in [0.4, 0.5) is 0 Å². The van der Waals surface area contributed by atoms with Crippen molar-refractivity contribution in [1.82, 2.24) is 9.88 Å². The normalized spacial score (nSPS) is 17.9. The van der Waals surface area contributed by atoms with E-state index in [4.69, 9.17) is 4.74 Å². The zero-order valence-electron chi connectivity index (χ0n) is 15.2. The van der Waals surface area contributed by atoms with Crippen molar-refractivity contribution in [2.24, 2.45) is 5.92 Å². The average molecular weight is 346 g/mol. The van der Waals surface area contributed by atoms with Crippen LogP contribution in [0.3, 0.4) is 0 Å². The Kier molecular flexibility index (Phi) is 6.31. The Morgan fingerprint density at radius 1 is 1.36 bits per heavy atom. The molecule has 0 aromatic carbocycles. The van der Waals surface area contributed by atoms with E-state index in [2.05, 4.69) is 4.98 Å². The van der Waals surface area contributed by atoms with Gasteiger partial charge in [-0.25, -0.2) is 0 Å². The van der Waals surface area contributed by atoms with Gasteiger partial charge in [0.25, 0.3) is 5.91 Å². The van der Waals surface area contributed by atoms with Crippen LogP contribution in [0, 0.1) is 5.92 Å². The quantitative estimate of drug-likeness (QED) is 0.732. The summed E-state index contributed by atoms with van der Waals surface area (Å²) in [6, 6.07) is 2.97. The number of hydrogen-bond acceptors (Lipinski definition) is 5. The lowest BCUT2D eigenvalue weighted by Gasteiger charge is -2.27. The molecule has 1 aromatic heterocycles. The molecule has 136 valence electrons. The second-order valence-electron chi connectivity index (χ2n) is 6.74. The van der Waals surface area contributed by atoms with E-state index in [0.29, 0.717) is 25.1 Å². The van der Waals surface area contributed by atoms with Crippen LogP contribution in [0.1, 0.15) is 45.7 Å². The van der Waals surface area contributed by atoms with Gasteiger partial charge in [0.1, 0.15) is 0 Å². The molecule has 0 bridgehead atoms. The van der Waals surface area contributed by atoms with Crippen LogP contribution in [0.15, 0.2) is 35.9 Å². The van der Waals surface area contributed by atoms with Gasteiger partial charge in [0, 0.05) is 31.5 Å². The van der Waals surface area contributed by atoms with Gasteiger partial charge in [-0.05, 0) is 31.9 Å². The summed E-state index contributed by atoms with van der Waals surface area (Å²) in [7, 11) is 0. The summed E-state index contributed by atoms with van der Waals surface area (Å²) < 4.78 is 5.52. The highest BCUT2D eigenvalue weighted by Crippen LogP contribution is 2.38. The highest BCUT2D eigenvalue weighted by Gasteiger charge is 2.43. The van der Waals surface area contributed by atoms with Gasteiger partial charge in [-0.2, -0.15) is 0 Å². The molecule has 2 heterocycles. The topological polar surface area (TPSA) is 79.7 Å². The fraction of sp³-hybridized carbons (Fsp3) is 0.526. The largest absolute Gasteiger partial charge is 0.503 e. The molecule has 6 heteroatoms. The lowest BCUT2D eigenvalue weighted by Crippen LogP contribution is -2.33. The summed E-state index contributed by atoms with van der Waals surface area (Å²) in [5.74, 6) is -1.49. The predicted octanol–water partition coefficient (Wildman–Crippen LogP) is 2.82. The van der Waals surface area contributed by atoms with Crippen LogP contribution in [0.2, 0.25) is 0 Å². The van der Waals surface area contributed by atoms with Crippen LogP contribution in [0.5, 0.6) is 0 Å². The van der Waals surface area contributed by atoms with Crippen LogP contribution >= 0.6 is 0 Å². The molecule has 1 aromatic rings. The minimum atomic E-state index is -0.602. The molecule has 1 amide bonds. The molecule has 0 fully saturated rings. The number of pyridine rings is 1. The molecule has 6 nitrogen and oxygen atoms in total. The van der Waals surface area contributed by atoms with Crippen LogP contribution < -0.4 is 0 Å². The van der Waals surface area contributed by atoms with Crippen LogP contribution in [-0.2, 0) is 14.3 Å². The van der Waals surface area contributed by atoms with Gasteiger partial charge in [0.05, 0.1) is 17.7 Å². The average Bonchev–Trinajstić information content (AvgIpc) is 2.83. The number of aliphatic hydroxyl groups is 1. The number of aliphatic hydroxyl groups excluding tert-OH is 1. The first-order valence-electron chi connectivity index (χ1n) is 8.64. The highest BCUT2D eigenvalue weighted by atomic mass is 16.5. The molecule has 1 aliphatic heterocycles. The minimum Gasteiger partial charge on any atom is -0.503 e. The number of ketones is 1. The maximum atomic E-state index is 12.6. The van der Waals surface area contributed by atoms with E-state index >= 15 is 0 Å². The van der Waals surface area contributed by atoms with E-state index in [9.17, 15) is 14.7 Å². The zero-order chi connectivity index (χ0) is 18.6. The molecule has 1 unspecified atom stereocenters. The number of rotatable bonds is 8. The first kappa shape index (κ1) is 19.1. The summed E-state index contributed by atoms with van der Waals surface area (Å²) in [4.78, 5) is 30.8. The Bertz CT molecular complexity index is 653. The number of amides is 1. The molecule has 2 rings (SSSR count). The number of ether oxygens (including phenoxy) is 1. The maximum absolute atomic E-state index is 12.6. The van der Waals surface area contributed by atoms with Crippen LogP contribution in [-0.4, -0.2) is 45.9 Å². The van der Waals surface area contributed by atoms with E-state index in [1.54, 1.807) is 32.3 Å². The second-order valence-corrected chi connectivity index (χ2v) is 6.74. The molecule has 0 spiro atoms. The van der Waals surface area contributed by atoms with Gasteiger partial charge in [-0.15, -0.1) is 0 Å². The van der Waals surface area contributed by atoms with Gasteiger partial charge in [0.15, 0.2) is 11.5 Å². The lowest BCUT2D eigenvalue weighted by molar-refractivity contribution is -0.129. The van der Waals surface area contributed by atoms with Gasteiger partial charge in [0.2, 0.25) is 0 Å². The standard InChI is InChI=1S/C19H26N2O4/c1-12(2)17(22)15-16(14-7-5-8-20-11-14)21(19(24)18(15)23)9-6-10-25-13(3)4/h5,7-8,11-13,16,23H,6,9-10H2,1-4H3. The van der Waals surface area contributed by atoms with Crippen molar-refractivity contribution in [2.45, 2.75) is 46.3 Å². The van der Waals surface area contributed by atoms with E-state index in [-0.39, 0.29) is 23.4 Å². The van der Waals surface area contributed by atoms with Gasteiger partial charge < -0.3 is 14.7 Å². The van der Waals surface area contributed by atoms with Gasteiger partial charge >= 0.3 is 0 Å². The molecule has 0 radical (unpaired) electrons. The first-order valence-corrected chi connectivity index (χ1v) is 8.64. The number of aromatic nitrogens is 1. The third kappa shape index (κ3) is 4.25. The number of nitrogens with zero attached hydrogens (tertiary/aromatic N) is 2. The number of hydrogen-bond donors (Lipinski definition) is 1.